The van der Waals surface area contributed by atoms with Crippen molar-refractivity contribution in [2.45, 2.75) is 39.2 Å². The first-order valence-corrected chi connectivity index (χ1v) is 9.72. The fraction of sp³-hybridized carbons (Fsp3) is 0.304. The second kappa shape index (κ2) is 7.50. The van der Waals surface area contributed by atoms with Crippen LogP contribution in [0.3, 0.4) is 0 Å². The molecule has 0 aliphatic heterocycles. The van der Waals surface area contributed by atoms with Gasteiger partial charge in [-0.3, -0.25) is 4.79 Å². The summed E-state index contributed by atoms with van der Waals surface area (Å²) in [5.41, 5.74) is 11.6. The molecule has 0 bridgehead atoms. The number of anilines is 1. The minimum Gasteiger partial charge on any atom is -0.458 e. The third kappa shape index (κ3) is 3.65. The van der Waals surface area contributed by atoms with Crippen molar-refractivity contribution in [2.75, 3.05) is 5.73 Å². The minimum absolute atomic E-state index is 0.0786. The van der Waals surface area contributed by atoms with Crippen molar-refractivity contribution in [3.63, 3.8) is 0 Å². The van der Waals surface area contributed by atoms with Crippen LogP contribution in [0, 0.1) is 5.92 Å². The number of carbonyl (C=O) groups is 1. The summed E-state index contributed by atoms with van der Waals surface area (Å²) < 4.78 is 10.9. The van der Waals surface area contributed by atoms with Gasteiger partial charge in [0.15, 0.2) is 5.76 Å². The molecule has 4 rings (SSSR count). The largest absolute Gasteiger partial charge is 0.458 e. The van der Waals surface area contributed by atoms with Gasteiger partial charge in [-0.1, -0.05) is 60.6 Å². The second-order valence-electron chi connectivity index (χ2n) is 7.28. The van der Waals surface area contributed by atoms with Gasteiger partial charge in [0.1, 0.15) is 17.5 Å². The third-order valence-electron chi connectivity index (χ3n) is 5.20. The molecule has 1 unspecified atom stereocenters. The van der Waals surface area contributed by atoms with Crippen LogP contribution in [0.25, 0.3) is 22.5 Å². The van der Waals surface area contributed by atoms with Gasteiger partial charge in [0.25, 0.3) is 0 Å². The van der Waals surface area contributed by atoms with Crippen LogP contribution < -0.4 is 5.73 Å². The number of hydrogen-bond donors (Lipinski definition) is 1. The molecular formula is C23H24N2O3. The molecule has 1 aliphatic carbocycles. The Balaban J connectivity index is 1.48. The number of ether oxygens (including phenoxy) is 1. The Morgan fingerprint density at radius 1 is 1.11 bits per heavy atom. The van der Waals surface area contributed by atoms with Gasteiger partial charge in [-0.15, -0.1) is 0 Å². The van der Waals surface area contributed by atoms with Crippen molar-refractivity contribution in [1.82, 2.24) is 5.16 Å². The van der Waals surface area contributed by atoms with Crippen LogP contribution in [0.2, 0.25) is 0 Å². The Morgan fingerprint density at radius 2 is 1.68 bits per heavy atom. The molecule has 2 aromatic carbocycles. The Labute approximate surface area is 164 Å². The number of carbonyl (C=O) groups excluding carboxylic acids is 1. The molecule has 28 heavy (non-hydrogen) atoms. The summed E-state index contributed by atoms with van der Waals surface area (Å²) in [5, 5.41) is 4.02. The van der Waals surface area contributed by atoms with E-state index >= 15 is 0 Å². The van der Waals surface area contributed by atoms with Crippen molar-refractivity contribution < 1.29 is 14.1 Å². The zero-order chi connectivity index (χ0) is 19.7. The second-order valence-corrected chi connectivity index (χ2v) is 7.28. The summed E-state index contributed by atoms with van der Waals surface area (Å²) in [6.45, 7) is 3.91. The number of nitrogen functional groups attached to an aromatic ring is 1. The molecule has 144 valence electrons. The number of aryl methyl sites for hydroxylation is 1. The molecule has 1 aliphatic rings. The highest BCUT2D eigenvalue weighted by atomic mass is 16.5. The molecule has 5 heteroatoms. The van der Waals surface area contributed by atoms with E-state index in [1.807, 2.05) is 62.4 Å². The number of aromatic nitrogens is 1. The van der Waals surface area contributed by atoms with Crippen LogP contribution >= 0.6 is 0 Å². The molecule has 1 heterocycles. The van der Waals surface area contributed by atoms with E-state index < -0.39 is 0 Å². The molecule has 0 amide bonds. The van der Waals surface area contributed by atoms with E-state index in [1.54, 1.807) is 0 Å². The summed E-state index contributed by atoms with van der Waals surface area (Å²) >= 11 is 0. The van der Waals surface area contributed by atoms with E-state index in [-0.39, 0.29) is 18.0 Å². The van der Waals surface area contributed by atoms with Gasteiger partial charge in [0.2, 0.25) is 0 Å². The maximum absolute atomic E-state index is 11.8. The van der Waals surface area contributed by atoms with Gasteiger partial charge in [-0.05, 0) is 42.9 Å². The van der Waals surface area contributed by atoms with E-state index in [0.29, 0.717) is 11.4 Å². The first-order chi connectivity index (χ1) is 13.6. The lowest BCUT2D eigenvalue weighted by Gasteiger charge is -2.14. The molecule has 1 atom stereocenters. The lowest BCUT2D eigenvalue weighted by Crippen LogP contribution is -2.10. The topological polar surface area (TPSA) is 78.4 Å². The molecule has 1 saturated carbocycles. The fourth-order valence-electron chi connectivity index (χ4n) is 3.21. The minimum atomic E-state index is -0.230. The van der Waals surface area contributed by atoms with E-state index in [4.69, 9.17) is 15.0 Å². The fourth-order valence-corrected chi connectivity index (χ4v) is 3.21. The van der Waals surface area contributed by atoms with Crippen LogP contribution in [0.1, 0.15) is 44.1 Å². The molecule has 3 aromatic rings. The van der Waals surface area contributed by atoms with Crippen molar-refractivity contribution >= 4 is 11.7 Å². The van der Waals surface area contributed by atoms with Gasteiger partial charge >= 0.3 is 5.97 Å². The summed E-state index contributed by atoms with van der Waals surface area (Å²) in [6, 6.07) is 16.2. The highest BCUT2D eigenvalue weighted by Crippen LogP contribution is 2.33. The van der Waals surface area contributed by atoms with Crippen LogP contribution in [-0.2, 0) is 16.0 Å². The summed E-state index contributed by atoms with van der Waals surface area (Å²) in [7, 11) is 0. The lowest BCUT2D eigenvalue weighted by molar-refractivity contribution is -0.150. The molecule has 1 aromatic heterocycles. The third-order valence-corrected chi connectivity index (χ3v) is 5.20. The maximum atomic E-state index is 11.8. The van der Waals surface area contributed by atoms with E-state index in [1.165, 1.54) is 0 Å². The molecule has 0 radical (unpaired) electrons. The van der Waals surface area contributed by atoms with Gasteiger partial charge in [-0.25, -0.2) is 0 Å². The SMILES string of the molecule is CCc1noc(-c2ccc(-c3ccc(C(C)OC(=O)C4CC4)cc3)cc2)c1N. The molecule has 5 nitrogen and oxygen atoms in total. The Bertz CT molecular complexity index is 970. The van der Waals surface area contributed by atoms with Gasteiger partial charge in [-0.2, -0.15) is 0 Å². The molecule has 0 saturated heterocycles. The van der Waals surface area contributed by atoms with Crippen LogP contribution in [0.15, 0.2) is 53.1 Å². The Morgan fingerprint density at radius 3 is 2.21 bits per heavy atom. The standard InChI is InChI=1S/C23H24N2O3/c1-3-20-21(24)22(28-25-20)18-10-8-17(9-11-18)16-6-4-15(5-7-16)14(2)27-23(26)19-12-13-19/h4-11,14,19H,3,12-13,24H2,1-2H3. The van der Waals surface area contributed by atoms with Crippen molar-refractivity contribution in [3.8, 4) is 22.5 Å². The van der Waals surface area contributed by atoms with Crippen molar-refractivity contribution in [2.24, 2.45) is 5.92 Å². The van der Waals surface area contributed by atoms with Crippen LogP contribution in [-0.4, -0.2) is 11.1 Å². The lowest BCUT2D eigenvalue weighted by atomic mass is 10.0. The number of benzene rings is 2. The zero-order valence-electron chi connectivity index (χ0n) is 16.1. The van der Waals surface area contributed by atoms with E-state index in [0.717, 1.165) is 47.2 Å². The van der Waals surface area contributed by atoms with Crippen molar-refractivity contribution in [1.29, 1.82) is 0 Å². The summed E-state index contributed by atoms with van der Waals surface area (Å²) in [4.78, 5) is 11.8. The highest BCUT2D eigenvalue weighted by molar-refractivity contribution is 5.76. The number of nitrogens with two attached hydrogens (primary N) is 1. The quantitative estimate of drug-likeness (QED) is 0.601. The molecule has 1 fully saturated rings. The normalized spacial score (nSPS) is 14.6. The zero-order valence-corrected chi connectivity index (χ0v) is 16.1. The molecule has 2 N–H and O–H groups in total. The first-order valence-electron chi connectivity index (χ1n) is 9.72. The number of rotatable bonds is 6. The number of esters is 1. The number of hydrogen-bond acceptors (Lipinski definition) is 5. The van der Waals surface area contributed by atoms with Gasteiger partial charge in [0.05, 0.1) is 5.92 Å². The Kier molecular flexibility index (Phi) is 4.90. The summed E-state index contributed by atoms with van der Waals surface area (Å²) in [5.74, 6) is 0.655. The number of nitrogens with zero attached hydrogens (tertiary/aromatic N) is 1. The van der Waals surface area contributed by atoms with E-state index in [2.05, 4.69) is 5.16 Å². The van der Waals surface area contributed by atoms with Crippen LogP contribution in [0.5, 0.6) is 0 Å². The monoisotopic (exact) mass is 376 g/mol. The predicted molar refractivity (Wildman–Crippen MR) is 108 cm³/mol. The average Bonchev–Trinajstić information content (AvgIpc) is 3.51. The van der Waals surface area contributed by atoms with E-state index in [9.17, 15) is 4.79 Å². The smallest absolute Gasteiger partial charge is 0.309 e. The van der Waals surface area contributed by atoms with Crippen molar-refractivity contribution in [3.05, 3.63) is 59.8 Å². The maximum Gasteiger partial charge on any atom is 0.309 e. The average molecular weight is 376 g/mol. The summed E-state index contributed by atoms with van der Waals surface area (Å²) in [6.07, 6.45) is 2.43. The molecular weight excluding hydrogens is 352 g/mol. The van der Waals surface area contributed by atoms with Gasteiger partial charge in [0, 0.05) is 5.56 Å². The van der Waals surface area contributed by atoms with Gasteiger partial charge < -0.3 is 15.0 Å². The van der Waals surface area contributed by atoms with Crippen LogP contribution in [0.4, 0.5) is 5.69 Å². The first kappa shape index (κ1) is 18.3. The Hall–Kier alpha value is -3.08. The highest BCUT2D eigenvalue weighted by Gasteiger charge is 2.32. The predicted octanol–water partition coefficient (Wildman–Crippen LogP) is 5.17. The molecule has 0 spiro atoms.